The normalized spacial score (nSPS) is 17.2. The first-order valence-corrected chi connectivity index (χ1v) is 14.1. The summed E-state index contributed by atoms with van der Waals surface area (Å²) >= 11 is 2.76. The van der Waals surface area contributed by atoms with Gasteiger partial charge < -0.3 is 20.1 Å². The number of amidine groups is 1. The molecule has 0 aliphatic carbocycles. The highest BCUT2D eigenvalue weighted by atomic mass is 32.2. The second-order valence-electron chi connectivity index (χ2n) is 8.85. The van der Waals surface area contributed by atoms with Crippen molar-refractivity contribution in [3.05, 3.63) is 87.8 Å². The second-order valence-corrected chi connectivity index (χ2v) is 10.9. The smallest absolute Gasteiger partial charge is 0.341 e. The van der Waals surface area contributed by atoms with E-state index in [0.29, 0.717) is 40.2 Å². The van der Waals surface area contributed by atoms with Gasteiger partial charge in [0, 0.05) is 24.6 Å². The lowest BCUT2D eigenvalue weighted by atomic mass is 10.2. The van der Waals surface area contributed by atoms with Gasteiger partial charge in [0.05, 0.1) is 40.3 Å². The standard InChI is InChI=1S/C29H25N5O4S2/c1-3-31-21-11-9-19(15-30)13-22(21)32-29-34(16-18-7-5-4-6-8-18)27(37)26(40-29)28-33(2)23-14-20(38-17-25(35)36)10-12-24(23)39-28/h4-14,31H,3,16-17H2,1-2H3,(H,35,36)/b28-26-,32-29+. The van der Waals surface area contributed by atoms with Crippen molar-refractivity contribution in [1.29, 1.82) is 5.26 Å². The summed E-state index contributed by atoms with van der Waals surface area (Å²) < 4.78 is 5.36. The second kappa shape index (κ2) is 11.8. The Balaban J connectivity index is 1.54. The van der Waals surface area contributed by atoms with E-state index in [1.807, 2.05) is 61.3 Å². The Hall–Kier alpha value is -4.40. The molecule has 202 valence electrons. The summed E-state index contributed by atoms with van der Waals surface area (Å²) in [6.45, 7) is 2.56. The van der Waals surface area contributed by atoms with E-state index in [1.54, 1.807) is 29.2 Å². The van der Waals surface area contributed by atoms with Gasteiger partial charge in [-0.25, -0.2) is 9.79 Å². The molecule has 0 aromatic heterocycles. The average molecular weight is 572 g/mol. The molecule has 1 amide bonds. The lowest BCUT2D eigenvalue weighted by Gasteiger charge is -2.17. The zero-order valence-electron chi connectivity index (χ0n) is 21.7. The van der Waals surface area contributed by atoms with Crippen LogP contribution in [0.4, 0.5) is 17.1 Å². The van der Waals surface area contributed by atoms with Crippen molar-refractivity contribution >= 4 is 57.6 Å². The Bertz CT molecular complexity index is 1580. The van der Waals surface area contributed by atoms with Crippen LogP contribution in [-0.2, 0) is 16.1 Å². The van der Waals surface area contributed by atoms with E-state index in [0.717, 1.165) is 26.9 Å². The fraction of sp³-hybridized carbons (Fsp3) is 0.172. The Labute approximate surface area is 240 Å². The van der Waals surface area contributed by atoms with Crippen molar-refractivity contribution < 1.29 is 19.4 Å². The van der Waals surface area contributed by atoms with Crippen molar-refractivity contribution in [1.82, 2.24) is 4.90 Å². The first-order valence-electron chi connectivity index (χ1n) is 12.4. The van der Waals surface area contributed by atoms with Crippen LogP contribution in [0.5, 0.6) is 5.75 Å². The highest BCUT2D eigenvalue weighted by molar-refractivity contribution is 8.19. The number of thioether (sulfide) groups is 2. The maximum atomic E-state index is 13.9. The van der Waals surface area contributed by atoms with Crippen molar-refractivity contribution in [3.63, 3.8) is 0 Å². The summed E-state index contributed by atoms with van der Waals surface area (Å²) in [4.78, 5) is 34.8. The minimum absolute atomic E-state index is 0.168. The van der Waals surface area contributed by atoms with Gasteiger partial charge >= 0.3 is 5.97 Å². The molecule has 0 radical (unpaired) electrons. The van der Waals surface area contributed by atoms with Crippen LogP contribution in [0.2, 0.25) is 0 Å². The summed E-state index contributed by atoms with van der Waals surface area (Å²) in [6, 6.07) is 22.5. The lowest BCUT2D eigenvalue weighted by molar-refractivity contribution is -0.139. The average Bonchev–Trinajstić information content (AvgIpc) is 3.44. The molecule has 1 saturated heterocycles. The van der Waals surface area contributed by atoms with E-state index >= 15 is 0 Å². The zero-order chi connectivity index (χ0) is 28.2. The van der Waals surface area contributed by atoms with Gasteiger partial charge in [0.25, 0.3) is 5.91 Å². The van der Waals surface area contributed by atoms with Gasteiger partial charge in [-0.2, -0.15) is 5.26 Å². The number of amides is 1. The molecule has 3 aromatic carbocycles. The number of nitrogens with zero attached hydrogens (tertiary/aromatic N) is 4. The van der Waals surface area contributed by atoms with Crippen molar-refractivity contribution in [3.8, 4) is 11.8 Å². The minimum atomic E-state index is -1.05. The molecule has 2 heterocycles. The van der Waals surface area contributed by atoms with Crippen LogP contribution in [0.25, 0.3) is 0 Å². The van der Waals surface area contributed by atoms with Gasteiger partial charge in [0.15, 0.2) is 11.8 Å². The maximum absolute atomic E-state index is 13.9. The van der Waals surface area contributed by atoms with Crippen molar-refractivity contribution in [2.24, 2.45) is 4.99 Å². The third-order valence-corrected chi connectivity index (χ3v) is 8.55. The number of anilines is 2. The number of hydrogen-bond donors (Lipinski definition) is 2. The highest BCUT2D eigenvalue weighted by Gasteiger charge is 2.39. The lowest BCUT2D eigenvalue weighted by Crippen LogP contribution is -2.29. The number of carboxylic acid groups (broad SMARTS) is 1. The molecule has 9 nitrogen and oxygen atoms in total. The number of hydrogen-bond acceptors (Lipinski definition) is 9. The number of nitrogens with one attached hydrogen (secondary N) is 1. The summed E-state index contributed by atoms with van der Waals surface area (Å²) in [7, 11) is 1.87. The summed E-state index contributed by atoms with van der Waals surface area (Å²) in [6.07, 6.45) is 0. The van der Waals surface area contributed by atoms with E-state index in [-0.39, 0.29) is 5.91 Å². The number of aliphatic carboxylic acids is 1. The van der Waals surface area contributed by atoms with Crippen LogP contribution in [0, 0.1) is 11.3 Å². The summed E-state index contributed by atoms with van der Waals surface area (Å²) in [5, 5.41) is 23.0. The Morgan fingerprint density at radius 2 is 1.93 bits per heavy atom. The number of rotatable bonds is 8. The molecule has 40 heavy (non-hydrogen) atoms. The fourth-order valence-electron chi connectivity index (χ4n) is 4.22. The molecule has 2 aliphatic heterocycles. The Kier molecular flexibility index (Phi) is 8.00. The van der Waals surface area contributed by atoms with Crippen molar-refractivity contribution in [2.75, 3.05) is 30.4 Å². The monoisotopic (exact) mass is 571 g/mol. The first kappa shape index (κ1) is 27.2. The number of ether oxygens (including phenoxy) is 1. The molecule has 0 unspecified atom stereocenters. The molecule has 3 aromatic rings. The molecular formula is C29H25N5O4S2. The molecule has 0 bridgehead atoms. The predicted octanol–water partition coefficient (Wildman–Crippen LogP) is 5.63. The molecular weight excluding hydrogens is 546 g/mol. The predicted molar refractivity (Wildman–Crippen MR) is 158 cm³/mol. The molecule has 0 spiro atoms. The largest absolute Gasteiger partial charge is 0.482 e. The van der Waals surface area contributed by atoms with Crippen LogP contribution in [0.15, 0.2) is 86.6 Å². The molecule has 11 heteroatoms. The van der Waals surface area contributed by atoms with E-state index in [4.69, 9.17) is 14.8 Å². The molecule has 5 rings (SSSR count). The van der Waals surface area contributed by atoms with Gasteiger partial charge in [-0.3, -0.25) is 9.69 Å². The van der Waals surface area contributed by atoms with E-state index in [2.05, 4.69) is 11.4 Å². The fourth-order valence-corrected chi connectivity index (χ4v) is 6.54. The van der Waals surface area contributed by atoms with Crippen LogP contribution in [-0.4, -0.2) is 47.2 Å². The topological polar surface area (TPSA) is 118 Å². The van der Waals surface area contributed by atoms with E-state index in [9.17, 15) is 14.9 Å². The number of carbonyl (C=O) groups excluding carboxylic acids is 1. The number of carbonyl (C=O) groups is 2. The number of nitriles is 1. The number of fused-ring (bicyclic) bond motifs is 1. The molecule has 0 saturated carbocycles. The van der Waals surface area contributed by atoms with Gasteiger partial charge in [-0.05, 0) is 54.6 Å². The van der Waals surface area contributed by atoms with E-state index < -0.39 is 12.6 Å². The summed E-state index contributed by atoms with van der Waals surface area (Å²) in [5.41, 5.74) is 3.61. The van der Waals surface area contributed by atoms with Gasteiger partial charge in [-0.15, -0.1) is 0 Å². The van der Waals surface area contributed by atoms with E-state index in [1.165, 1.54) is 23.5 Å². The molecule has 1 fully saturated rings. The van der Waals surface area contributed by atoms with Gasteiger partial charge in [-0.1, -0.05) is 42.1 Å². The highest BCUT2D eigenvalue weighted by Crippen LogP contribution is 2.51. The Morgan fingerprint density at radius 3 is 2.65 bits per heavy atom. The number of aliphatic imine (C=N–C) groups is 1. The zero-order valence-corrected chi connectivity index (χ0v) is 23.4. The number of benzene rings is 3. The third kappa shape index (κ3) is 5.64. The minimum Gasteiger partial charge on any atom is -0.482 e. The summed E-state index contributed by atoms with van der Waals surface area (Å²) in [5.74, 6) is -0.785. The maximum Gasteiger partial charge on any atom is 0.341 e. The van der Waals surface area contributed by atoms with Crippen LogP contribution < -0.4 is 15.0 Å². The third-order valence-electron chi connectivity index (χ3n) is 6.12. The van der Waals surface area contributed by atoms with Crippen molar-refractivity contribution in [2.45, 2.75) is 18.4 Å². The SMILES string of the molecule is CCNc1ccc(C#N)cc1/N=C1/S/C(=C2\Sc3ccc(OCC(=O)O)cc3N2C)C(=O)N1Cc1ccccc1. The van der Waals surface area contributed by atoms with Crippen LogP contribution >= 0.6 is 23.5 Å². The van der Waals surface area contributed by atoms with Crippen LogP contribution in [0.3, 0.4) is 0 Å². The van der Waals surface area contributed by atoms with Crippen LogP contribution in [0.1, 0.15) is 18.1 Å². The Morgan fingerprint density at radius 1 is 1.12 bits per heavy atom. The van der Waals surface area contributed by atoms with Gasteiger partial charge in [0.1, 0.15) is 10.7 Å². The van der Waals surface area contributed by atoms with Gasteiger partial charge in [0.2, 0.25) is 0 Å². The molecule has 2 N–H and O–H groups in total. The quantitative estimate of drug-likeness (QED) is 0.332. The molecule has 2 aliphatic rings. The number of carboxylic acids is 1. The molecule has 0 atom stereocenters. The first-order chi connectivity index (χ1) is 19.4.